The highest BCUT2D eigenvalue weighted by Gasteiger charge is 2.71. The van der Waals surface area contributed by atoms with Gasteiger partial charge in [-0.3, -0.25) is 4.79 Å². The maximum absolute atomic E-state index is 13.2. The van der Waals surface area contributed by atoms with Gasteiger partial charge < -0.3 is 0 Å². The lowest BCUT2D eigenvalue weighted by Crippen LogP contribution is -2.65. The summed E-state index contributed by atoms with van der Waals surface area (Å²) in [5, 5.41) is 20.3. The average molecular weight is 459 g/mol. The summed E-state index contributed by atoms with van der Waals surface area (Å²) in [6, 6.07) is 5.12. The van der Waals surface area contributed by atoms with E-state index in [9.17, 15) is 15.3 Å². The maximum atomic E-state index is 13.2. The zero-order valence-electron chi connectivity index (χ0n) is 22.1. The number of nitrogens with zero attached hydrogens (tertiary/aromatic N) is 2. The summed E-state index contributed by atoms with van der Waals surface area (Å²) in [4.78, 5) is 13.2. The molecule has 9 atom stereocenters. The Balaban J connectivity index is 1.62. The SMILES string of the molecule is C=C(C)[C@@H]1CC[C@]2(C#N)CC[C@]3(C)[C@H](CC[C@@H]4[C@@]5(C)C=C(C#N)C(=O)C(C)(C)[C@@H]5CC[C@]43C)[C@@H]12. The number of hydrogen-bond acceptors (Lipinski definition) is 3. The number of hydrogen-bond donors (Lipinski definition) is 0. The Morgan fingerprint density at radius 2 is 1.65 bits per heavy atom. The molecule has 0 bridgehead atoms. The molecule has 0 heterocycles. The van der Waals surface area contributed by atoms with E-state index in [0.29, 0.717) is 29.2 Å². The number of fused-ring (bicyclic) bond motifs is 7. The minimum atomic E-state index is -0.493. The first kappa shape index (κ1) is 23.9. The van der Waals surface area contributed by atoms with Gasteiger partial charge in [-0.2, -0.15) is 10.5 Å². The molecule has 0 aromatic rings. The van der Waals surface area contributed by atoms with Crippen molar-refractivity contribution in [1.29, 1.82) is 10.5 Å². The summed E-state index contributed by atoms with van der Waals surface area (Å²) < 4.78 is 0. The molecule has 3 heteroatoms. The van der Waals surface area contributed by atoms with Crippen LogP contribution in [-0.4, -0.2) is 5.78 Å². The molecule has 182 valence electrons. The predicted molar refractivity (Wildman–Crippen MR) is 134 cm³/mol. The molecule has 0 aliphatic heterocycles. The first-order valence-corrected chi connectivity index (χ1v) is 13.6. The molecule has 5 rings (SSSR count). The van der Waals surface area contributed by atoms with E-state index >= 15 is 0 Å². The largest absolute Gasteiger partial charge is 0.293 e. The minimum absolute atomic E-state index is 0.0349. The van der Waals surface area contributed by atoms with E-state index in [1.165, 1.54) is 5.57 Å². The normalized spacial score (nSPS) is 51.0. The molecule has 0 unspecified atom stereocenters. The summed E-state index contributed by atoms with van der Waals surface area (Å²) in [5.41, 5.74) is 1.14. The van der Waals surface area contributed by atoms with Gasteiger partial charge in [-0.15, -0.1) is 0 Å². The van der Waals surface area contributed by atoms with Crippen LogP contribution < -0.4 is 0 Å². The van der Waals surface area contributed by atoms with Gasteiger partial charge in [-0.25, -0.2) is 0 Å². The molecule has 0 N–H and O–H groups in total. The van der Waals surface area contributed by atoms with Gasteiger partial charge in [0.1, 0.15) is 6.07 Å². The third-order valence-electron chi connectivity index (χ3n) is 12.7. The van der Waals surface area contributed by atoms with Crippen LogP contribution in [0.1, 0.15) is 92.9 Å². The molecule has 0 spiro atoms. The second-order valence-corrected chi connectivity index (χ2v) is 14.0. The Hall–Kier alpha value is -1.87. The third-order valence-corrected chi connectivity index (χ3v) is 12.7. The Bertz CT molecular complexity index is 1070. The first-order chi connectivity index (χ1) is 15.8. The maximum Gasteiger partial charge on any atom is 0.178 e. The number of ketones is 1. The van der Waals surface area contributed by atoms with E-state index in [1.54, 1.807) is 0 Å². The van der Waals surface area contributed by atoms with Gasteiger partial charge in [0.25, 0.3) is 0 Å². The van der Waals surface area contributed by atoms with Gasteiger partial charge in [-0.05, 0) is 104 Å². The molecule has 0 aromatic carbocycles. The monoisotopic (exact) mass is 458 g/mol. The molecule has 3 nitrogen and oxygen atoms in total. The van der Waals surface area contributed by atoms with Crippen molar-refractivity contribution < 1.29 is 4.79 Å². The molecule has 0 radical (unpaired) electrons. The summed E-state index contributed by atoms with van der Waals surface area (Å²) >= 11 is 0. The fraction of sp³-hybridized carbons (Fsp3) is 0.774. The highest BCUT2D eigenvalue weighted by molar-refractivity contribution is 6.04. The van der Waals surface area contributed by atoms with Crippen molar-refractivity contribution in [2.75, 3.05) is 0 Å². The highest BCUT2D eigenvalue weighted by atomic mass is 16.1. The number of nitriles is 2. The fourth-order valence-electron chi connectivity index (χ4n) is 10.9. The Morgan fingerprint density at radius 3 is 2.26 bits per heavy atom. The summed E-state index contributed by atoms with van der Waals surface area (Å²) in [7, 11) is 0. The van der Waals surface area contributed by atoms with Crippen molar-refractivity contribution in [2.45, 2.75) is 92.9 Å². The van der Waals surface area contributed by atoms with Crippen LogP contribution in [0, 0.1) is 79.3 Å². The minimum Gasteiger partial charge on any atom is -0.293 e. The Labute approximate surface area is 206 Å². The van der Waals surface area contributed by atoms with Crippen molar-refractivity contribution in [1.82, 2.24) is 0 Å². The first-order valence-electron chi connectivity index (χ1n) is 13.6. The van der Waals surface area contributed by atoms with E-state index in [-0.39, 0.29) is 33.4 Å². The number of carbonyl (C=O) groups excluding carboxylic acids is 1. The van der Waals surface area contributed by atoms with E-state index in [4.69, 9.17) is 0 Å². The van der Waals surface area contributed by atoms with E-state index in [1.807, 2.05) is 0 Å². The van der Waals surface area contributed by atoms with Crippen LogP contribution >= 0.6 is 0 Å². The van der Waals surface area contributed by atoms with E-state index in [0.717, 1.165) is 51.4 Å². The van der Waals surface area contributed by atoms with E-state index in [2.05, 4.69) is 66.3 Å². The molecule has 4 saturated carbocycles. The van der Waals surface area contributed by atoms with Crippen LogP contribution in [0.2, 0.25) is 0 Å². The van der Waals surface area contributed by atoms with Crippen molar-refractivity contribution in [2.24, 2.45) is 56.7 Å². The topological polar surface area (TPSA) is 64.7 Å². The van der Waals surface area contributed by atoms with Crippen molar-refractivity contribution in [3.05, 3.63) is 23.8 Å². The Morgan fingerprint density at radius 1 is 0.941 bits per heavy atom. The van der Waals surface area contributed by atoms with Crippen molar-refractivity contribution >= 4 is 5.78 Å². The zero-order chi connectivity index (χ0) is 24.9. The average Bonchev–Trinajstić information content (AvgIpc) is 3.17. The molecule has 4 fully saturated rings. The van der Waals surface area contributed by atoms with Crippen LogP contribution in [0.25, 0.3) is 0 Å². The van der Waals surface area contributed by atoms with Crippen molar-refractivity contribution in [3.8, 4) is 12.1 Å². The van der Waals surface area contributed by atoms with Gasteiger partial charge in [0.05, 0.1) is 17.1 Å². The molecular formula is C31H42N2O. The lowest BCUT2D eigenvalue weighted by atomic mass is 9.33. The summed E-state index contributed by atoms with van der Waals surface area (Å²) in [6.07, 6.45) is 10.8. The van der Waals surface area contributed by atoms with Crippen LogP contribution in [0.3, 0.4) is 0 Å². The lowest BCUT2D eigenvalue weighted by Gasteiger charge is -2.71. The number of Topliss-reactive ketones (excluding diaryl/α,β-unsaturated/α-hetero) is 1. The smallest absolute Gasteiger partial charge is 0.178 e. The lowest BCUT2D eigenvalue weighted by molar-refractivity contribution is -0.213. The standard InChI is InChI=1S/C31H42N2O/c1-19(2)21-10-13-31(18-33)15-14-29(6)22(25(21)31)8-9-24-28(5)16-20(17-32)26(34)27(3,4)23(28)11-12-30(24,29)7/h16,21-25H,1,8-15H2,2-7H3/t21-,22+,23-,24+,25+,28-,29+,30+,31+/m0/s1. The van der Waals surface area contributed by atoms with Crippen LogP contribution in [0.5, 0.6) is 0 Å². The number of rotatable bonds is 1. The summed E-state index contributed by atoms with van der Waals surface area (Å²) in [6.45, 7) is 18.2. The number of carbonyl (C=O) groups is 1. The zero-order valence-corrected chi connectivity index (χ0v) is 22.1. The van der Waals surface area contributed by atoms with Gasteiger partial charge >= 0.3 is 0 Å². The second kappa shape index (κ2) is 7.09. The van der Waals surface area contributed by atoms with Gasteiger partial charge in [-0.1, -0.05) is 52.8 Å². The third kappa shape index (κ3) is 2.60. The quantitative estimate of drug-likeness (QED) is 0.384. The van der Waals surface area contributed by atoms with Crippen LogP contribution in [0.15, 0.2) is 23.8 Å². The van der Waals surface area contributed by atoms with Gasteiger partial charge in [0.2, 0.25) is 0 Å². The molecule has 5 aliphatic carbocycles. The molecule has 0 aromatic heterocycles. The second-order valence-electron chi connectivity index (χ2n) is 14.0. The Kier molecular flexibility index (Phi) is 4.97. The molecule has 0 saturated heterocycles. The fourth-order valence-corrected chi connectivity index (χ4v) is 10.9. The number of allylic oxidation sites excluding steroid dienone is 3. The van der Waals surface area contributed by atoms with E-state index < -0.39 is 5.41 Å². The molecule has 34 heavy (non-hydrogen) atoms. The molecular weight excluding hydrogens is 416 g/mol. The van der Waals surface area contributed by atoms with Crippen molar-refractivity contribution in [3.63, 3.8) is 0 Å². The molecule has 0 amide bonds. The van der Waals surface area contributed by atoms with Gasteiger partial charge in [0, 0.05) is 5.41 Å². The molecule has 5 aliphatic rings. The predicted octanol–water partition coefficient (Wildman–Crippen LogP) is 7.41. The van der Waals surface area contributed by atoms with Gasteiger partial charge in [0.15, 0.2) is 5.78 Å². The van der Waals surface area contributed by atoms with Crippen LogP contribution in [-0.2, 0) is 4.79 Å². The highest BCUT2D eigenvalue weighted by Crippen LogP contribution is 2.76. The summed E-state index contributed by atoms with van der Waals surface area (Å²) in [5.74, 6) is 2.20. The van der Waals surface area contributed by atoms with Crippen LogP contribution in [0.4, 0.5) is 0 Å².